The van der Waals surface area contributed by atoms with Crippen molar-refractivity contribution in [2.24, 2.45) is 5.92 Å². The van der Waals surface area contributed by atoms with E-state index in [4.69, 9.17) is 4.43 Å². The van der Waals surface area contributed by atoms with E-state index in [0.717, 1.165) is 6.61 Å². The molecule has 104 valence electrons. The van der Waals surface area contributed by atoms with Crippen LogP contribution in [-0.4, -0.2) is 20.2 Å². The summed E-state index contributed by atoms with van der Waals surface area (Å²) in [5.41, 5.74) is 0. The van der Waals surface area contributed by atoms with Crippen LogP contribution in [0.5, 0.6) is 0 Å². The smallest absolute Gasteiger partial charge is 0.183 e. The quantitative estimate of drug-likeness (QED) is 0.560. The predicted octanol–water partition coefficient (Wildman–Crippen LogP) is 4.97. The Labute approximate surface area is 122 Å². The second-order valence-electron chi connectivity index (χ2n) is 6.08. The van der Waals surface area contributed by atoms with Crippen molar-refractivity contribution in [3.8, 4) is 0 Å². The summed E-state index contributed by atoms with van der Waals surface area (Å²) in [7, 11) is -1.40. The van der Waals surface area contributed by atoms with Gasteiger partial charge in [0.2, 0.25) is 0 Å². The molecule has 0 bridgehead atoms. The number of hydrogen-bond donors (Lipinski definition) is 0. The Morgan fingerprint density at radius 2 is 1.95 bits per heavy atom. The predicted molar refractivity (Wildman–Crippen MR) is 87.2 cm³/mol. The standard InChI is InChI=1S/C16H24OSSi/c1-19(2,3)17-13-14-9-7-8-12-16(14)18-15-10-5-4-6-11-15/h4-6,8,10-12,14,16H,7,9,13H2,1-3H3. The molecule has 0 amide bonds. The lowest BCUT2D eigenvalue weighted by molar-refractivity contribution is 0.236. The van der Waals surface area contributed by atoms with Gasteiger partial charge in [0.15, 0.2) is 8.32 Å². The normalized spacial score (nSPS) is 23.5. The largest absolute Gasteiger partial charge is 0.417 e. The van der Waals surface area contributed by atoms with Crippen molar-refractivity contribution in [2.45, 2.75) is 42.6 Å². The summed E-state index contributed by atoms with van der Waals surface area (Å²) in [5.74, 6) is 0.655. The summed E-state index contributed by atoms with van der Waals surface area (Å²) in [6, 6.07) is 10.7. The van der Waals surface area contributed by atoms with Gasteiger partial charge in [0, 0.05) is 16.8 Å². The second kappa shape index (κ2) is 6.78. The van der Waals surface area contributed by atoms with Gasteiger partial charge in [0.1, 0.15) is 0 Å². The zero-order valence-electron chi connectivity index (χ0n) is 12.1. The molecule has 1 aliphatic rings. The summed E-state index contributed by atoms with van der Waals surface area (Å²) >= 11 is 1.97. The van der Waals surface area contributed by atoms with Gasteiger partial charge < -0.3 is 4.43 Å². The molecule has 2 atom stereocenters. The number of allylic oxidation sites excluding steroid dienone is 1. The molecule has 0 saturated carbocycles. The van der Waals surface area contributed by atoms with Crippen LogP contribution in [0.2, 0.25) is 19.6 Å². The molecule has 0 N–H and O–H groups in total. The Hall–Kier alpha value is -0.513. The molecule has 0 spiro atoms. The molecule has 1 aliphatic carbocycles. The molecule has 3 heteroatoms. The van der Waals surface area contributed by atoms with E-state index in [1.807, 2.05) is 11.8 Å². The van der Waals surface area contributed by atoms with Crippen molar-refractivity contribution >= 4 is 20.1 Å². The number of rotatable bonds is 5. The molecular formula is C16H24OSSi. The maximum Gasteiger partial charge on any atom is 0.183 e. The van der Waals surface area contributed by atoms with Crippen molar-refractivity contribution in [2.75, 3.05) is 6.61 Å². The van der Waals surface area contributed by atoms with Gasteiger partial charge in [-0.15, -0.1) is 11.8 Å². The summed E-state index contributed by atoms with van der Waals surface area (Å²) in [5, 5.41) is 0.562. The van der Waals surface area contributed by atoms with E-state index in [2.05, 4.69) is 62.1 Å². The lowest BCUT2D eigenvalue weighted by atomic mass is 9.95. The first-order valence-electron chi connectivity index (χ1n) is 7.07. The van der Waals surface area contributed by atoms with Crippen LogP contribution in [0.15, 0.2) is 47.4 Å². The highest BCUT2D eigenvalue weighted by atomic mass is 32.2. The molecule has 1 nitrogen and oxygen atoms in total. The molecule has 0 heterocycles. The third kappa shape index (κ3) is 5.17. The molecule has 0 radical (unpaired) electrons. The molecule has 2 rings (SSSR count). The molecule has 2 unspecified atom stereocenters. The maximum atomic E-state index is 6.13. The minimum Gasteiger partial charge on any atom is -0.417 e. The molecular weight excluding hydrogens is 268 g/mol. The van der Waals surface area contributed by atoms with Crippen LogP contribution in [0.1, 0.15) is 12.8 Å². The van der Waals surface area contributed by atoms with Gasteiger partial charge >= 0.3 is 0 Å². The minimum absolute atomic E-state index is 0.562. The summed E-state index contributed by atoms with van der Waals surface area (Å²) in [6.45, 7) is 7.73. The lowest BCUT2D eigenvalue weighted by Gasteiger charge is -2.30. The first-order valence-corrected chi connectivity index (χ1v) is 11.4. The van der Waals surface area contributed by atoms with Crippen LogP contribution in [0.25, 0.3) is 0 Å². The van der Waals surface area contributed by atoms with Crippen LogP contribution < -0.4 is 0 Å². The third-order valence-electron chi connectivity index (χ3n) is 3.24. The summed E-state index contributed by atoms with van der Waals surface area (Å²) in [6.07, 6.45) is 7.15. The van der Waals surface area contributed by atoms with Gasteiger partial charge in [-0.2, -0.15) is 0 Å². The van der Waals surface area contributed by atoms with Gasteiger partial charge in [-0.1, -0.05) is 30.4 Å². The van der Waals surface area contributed by atoms with Gasteiger partial charge in [-0.25, -0.2) is 0 Å². The van der Waals surface area contributed by atoms with E-state index < -0.39 is 8.32 Å². The van der Waals surface area contributed by atoms with Gasteiger partial charge in [0.25, 0.3) is 0 Å². The van der Waals surface area contributed by atoms with E-state index in [9.17, 15) is 0 Å². The Bertz CT molecular complexity index is 411. The maximum absolute atomic E-state index is 6.13. The highest BCUT2D eigenvalue weighted by molar-refractivity contribution is 8.00. The Morgan fingerprint density at radius 1 is 1.21 bits per heavy atom. The highest BCUT2D eigenvalue weighted by Gasteiger charge is 2.25. The fraction of sp³-hybridized carbons (Fsp3) is 0.500. The molecule has 0 saturated heterocycles. The van der Waals surface area contributed by atoms with E-state index in [1.54, 1.807) is 0 Å². The number of hydrogen-bond acceptors (Lipinski definition) is 2. The summed E-state index contributed by atoms with van der Waals surface area (Å²) in [4.78, 5) is 1.36. The van der Waals surface area contributed by atoms with Crippen LogP contribution in [-0.2, 0) is 4.43 Å². The highest BCUT2D eigenvalue weighted by Crippen LogP contribution is 2.34. The SMILES string of the molecule is C[Si](C)(C)OCC1CCC=CC1Sc1ccccc1. The average molecular weight is 293 g/mol. The molecule has 0 fully saturated rings. The Morgan fingerprint density at radius 3 is 2.63 bits per heavy atom. The molecule has 1 aromatic carbocycles. The molecule has 0 aromatic heterocycles. The molecule has 1 aromatic rings. The number of thioether (sulfide) groups is 1. The first-order chi connectivity index (χ1) is 9.04. The van der Waals surface area contributed by atoms with E-state index in [1.165, 1.54) is 17.7 Å². The van der Waals surface area contributed by atoms with Gasteiger partial charge in [-0.3, -0.25) is 0 Å². The zero-order valence-corrected chi connectivity index (χ0v) is 14.0. The zero-order chi connectivity index (χ0) is 13.7. The average Bonchev–Trinajstić information content (AvgIpc) is 2.38. The van der Waals surface area contributed by atoms with Crippen molar-refractivity contribution in [3.05, 3.63) is 42.5 Å². The van der Waals surface area contributed by atoms with Crippen molar-refractivity contribution < 1.29 is 4.43 Å². The van der Waals surface area contributed by atoms with Crippen LogP contribution in [0.4, 0.5) is 0 Å². The minimum atomic E-state index is -1.40. The van der Waals surface area contributed by atoms with Crippen molar-refractivity contribution in [1.29, 1.82) is 0 Å². The van der Waals surface area contributed by atoms with E-state index in [-0.39, 0.29) is 0 Å². The topological polar surface area (TPSA) is 9.23 Å². The van der Waals surface area contributed by atoms with Crippen LogP contribution in [0, 0.1) is 5.92 Å². The second-order valence-corrected chi connectivity index (χ2v) is 11.8. The monoisotopic (exact) mass is 292 g/mol. The van der Waals surface area contributed by atoms with Crippen LogP contribution in [0.3, 0.4) is 0 Å². The van der Waals surface area contributed by atoms with Crippen molar-refractivity contribution in [1.82, 2.24) is 0 Å². The molecule has 0 aliphatic heterocycles. The van der Waals surface area contributed by atoms with E-state index in [0.29, 0.717) is 11.2 Å². The Kier molecular flexibility index (Phi) is 5.31. The van der Waals surface area contributed by atoms with Crippen LogP contribution >= 0.6 is 11.8 Å². The molecule has 19 heavy (non-hydrogen) atoms. The number of benzene rings is 1. The fourth-order valence-corrected chi connectivity index (χ4v) is 4.13. The lowest BCUT2D eigenvalue weighted by Crippen LogP contribution is -2.32. The van der Waals surface area contributed by atoms with Gasteiger partial charge in [0.05, 0.1) is 0 Å². The summed E-state index contributed by atoms with van der Waals surface area (Å²) < 4.78 is 6.13. The van der Waals surface area contributed by atoms with E-state index >= 15 is 0 Å². The Balaban J connectivity index is 1.96. The fourth-order valence-electron chi connectivity index (χ4n) is 2.19. The van der Waals surface area contributed by atoms with Crippen molar-refractivity contribution in [3.63, 3.8) is 0 Å². The first kappa shape index (κ1) is 14.9. The van der Waals surface area contributed by atoms with Gasteiger partial charge in [-0.05, 0) is 50.5 Å². The third-order valence-corrected chi connectivity index (χ3v) is 5.63.